The molecule has 8 nitrogen and oxygen atoms in total. The van der Waals surface area contributed by atoms with Crippen LogP contribution in [0.4, 0.5) is 0 Å². The molecule has 0 spiro atoms. The number of oxime groups is 1. The fourth-order valence-corrected chi connectivity index (χ4v) is 3.97. The molecule has 0 radical (unpaired) electrons. The van der Waals surface area contributed by atoms with Gasteiger partial charge in [-0.2, -0.15) is 0 Å². The minimum Gasteiger partial charge on any atom is -0.508 e. The standard InChI is InChI=1S/C25H25NO7/c1-29-21-10-7-16(11-20(21)28)25(14-19(26-33-25)15-5-8-18(27)9-6-15)17-12-22(30-2)24(32-4)23(13-17)31-3/h5-13,27-28H,14H2,1-4H3. The van der Waals surface area contributed by atoms with E-state index in [2.05, 4.69) is 5.16 Å². The van der Waals surface area contributed by atoms with Crippen molar-refractivity contribution in [2.75, 3.05) is 28.4 Å². The molecular weight excluding hydrogens is 426 g/mol. The molecule has 172 valence electrons. The van der Waals surface area contributed by atoms with Crippen LogP contribution >= 0.6 is 0 Å². The summed E-state index contributed by atoms with van der Waals surface area (Å²) in [7, 11) is 6.11. The number of phenolic OH excluding ortho intramolecular Hbond substituents is 2. The molecular formula is C25H25NO7. The second kappa shape index (κ2) is 8.82. The van der Waals surface area contributed by atoms with E-state index in [1.165, 1.54) is 14.2 Å². The number of hydrogen-bond acceptors (Lipinski definition) is 8. The lowest BCUT2D eigenvalue weighted by Gasteiger charge is -2.29. The molecule has 0 aromatic heterocycles. The molecule has 0 aliphatic carbocycles. The number of hydrogen-bond donors (Lipinski definition) is 2. The minimum absolute atomic E-state index is 0.0245. The molecule has 33 heavy (non-hydrogen) atoms. The van der Waals surface area contributed by atoms with Crippen LogP contribution in [-0.2, 0) is 10.4 Å². The average Bonchev–Trinajstić information content (AvgIpc) is 3.30. The Morgan fingerprint density at radius 3 is 1.94 bits per heavy atom. The SMILES string of the molecule is COc1ccc(C2(c3cc(OC)c(OC)c(OC)c3)CC(c3ccc(O)cc3)=NO2)cc1O. The number of nitrogens with zero attached hydrogens (tertiary/aromatic N) is 1. The van der Waals surface area contributed by atoms with Crippen molar-refractivity contribution in [3.05, 3.63) is 71.3 Å². The fraction of sp³-hybridized carbons (Fsp3) is 0.240. The van der Waals surface area contributed by atoms with Gasteiger partial charge >= 0.3 is 0 Å². The first-order valence-corrected chi connectivity index (χ1v) is 10.2. The number of ether oxygens (including phenoxy) is 4. The number of methoxy groups -OCH3 is 4. The van der Waals surface area contributed by atoms with Gasteiger partial charge in [0, 0.05) is 17.5 Å². The van der Waals surface area contributed by atoms with Crippen LogP contribution in [0.25, 0.3) is 0 Å². The van der Waals surface area contributed by atoms with E-state index in [-0.39, 0.29) is 11.5 Å². The molecule has 1 aliphatic rings. The third-order valence-corrected chi connectivity index (χ3v) is 5.70. The van der Waals surface area contributed by atoms with E-state index < -0.39 is 5.60 Å². The van der Waals surface area contributed by atoms with Crippen molar-refractivity contribution in [3.8, 4) is 34.5 Å². The molecule has 0 amide bonds. The molecule has 3 aromatic rings. The van der Waals surface area contributed by atoms with Gasteiger partial charge in [0.2, 0.25) is 5.75 Å². The van der Waals surface area contributed by atoms with E-state index in [0.717, 1.165) is 5.56 Å². The van der Waals surface area contributed by atoms with Gasteiger partial charge < -0.3 is 34.0 Å². The highest BCUT2D eigenvalue weighted by Gasteiger charge is 2.45. The summed E-state index contributed by atoms with van der Waals surface area (Å²) >= 11 is 0. The monoisotopic (exact) mass is 451 g/mol. The topological polar surface area (TPSA) is 99.0 Å². The van der Waals surface area contributed by atoms with E-state index in [1.54, 1.807) is 62.8 Å². The third kappa shape index (κ3) is 3.84. The van der Waals surface area contributed by atoms with Crippen molar-refractivity contribution in [1.29, 1.82) is 0 Å². The first-order chi connectivity index (χ1) is 15.9. The molecule has 1 atom stereocenters. The van der Waals surface area contributed by atoms with Gasteiger partial charge in [-0.15, -0.1) is 0 Å². The second-order valence-corrected chi connectivity index (χ2v) is 7.48. The Morgan fingerprint density at radius 2 is 1.39 bits per heavy atom. The highest BCUT2D eigenvalue weighted by atomic mass is 16.7. The van der Waals surface area contributed by atoms with Crippen molar-refractivity contribution in [2.24, 2.45) is 5.16 Å². The fourth-order valence-electron chi connectivity index (χ4n) is 3.97. The number of aromatic hydroxyl groups is 2. The molecule has 1 unspecified atom stereocenters. The van der Waals surface area contributed by atoms with Gasteiger partial charge in [0.15, 0.2) is 28.6 Å². The highest BCUT2D eigenvalue weighted by Crippen LogP contribution is 2.49. The lowest BCUT2D eigenvalue weighted by molar-refractivity contribution is 0.0107. The molecule has 0 bridgehead atoms. The van der Waals surface area contributed by atoms with Crippen LogP contribution in [0.5, 0.6) is 34.5 Å². The van der Waals surface area contributed by atoms with Crippen LogP contribution in [0.15, 0.2) is 59.8 Å². The Morgan fingerprint density at radius 1 is 0.758 bits per heavy atom. The van der Waals surface area contributed by atoms with Crippen molar-refractivity contribution in [1.82, 2.24) is 0 Å². The minimum atomic E-state index is -1.09. The first kappa shape index (κ1) is 22.1. The van der Waals surface area contributed by atoms with Crippen LogP contribution < -0.4 is 18.9 Å². The Balaban J connectivity index is 1.88. The predicted octanol–water partition coefficient (Wildman–Crippen LogP) is 4.20. The molecule has 0 saturated carbocycles. The lowest BCUT2D eigenvalue weighted by atomic mass is 9.81. The summed E-state index contributed by atoms with van der Waals surface area (Å²) in [4.78, 5) is 6.13. The van der Waals surface area contributed by atoms with Gasteiger partial charge in [-0.3, -0.25) is 0 Å². The van der Waals surface area contributed by atoms with Crippen LogP contribution in [-0.4, -0.2) is 44.4 Å². The summed E-state index contributed by atoms with van der Waals surface area (Å²) < 4.78 is 21.8. The summed E-state index contributed by atoms with van der Waals surface area (Å²) in [5.41, 5.74) is 1.75. The van der Waals surface area contributed by atoms with Crippen molar-refractivity contribution in [2.45, 2.75) is 12.0 Å². The van der Waals surface area contributed by atoms with Gasteiger partial charge in [-0.05, 0) is 54.1 Å². The van der Waals surface area contributed by atoms with Gasteiger partial charge in [-0.25, -0.2) is 0 Å². The van der Waals surface area contributed by atoms with Crippen molar-refractivity contribution < 1.29 is 34.0 Å². The van der Waals surface area contributed by atoms with Gasteiger partial charge in [0.05, 0.1) is 34.2 Å². The molecule has 3 aromatic carbocycles. The zero-order chi connectivity index (χ0) is 23.6. The van der Waals surface area contributed by atoms with E-state index in [4.69, 9.17) is 23.8 Å². The summed E-state index contributed by atoms with van der Waals surface area (Å²) in [6, 6.07) is 15.4. The lowest BCUT2D eigenvalue weighted by Crippen LogP contribution is -2.28. The van der Waals surface area contributed by atoms with E-state index >= 15 is 0 Å². The Hall–Kier alpha value is -4.07. The largest absolute Gasteiger partial charge is 0.508 e. The molecule has 2 N–H and O–H groups in total. The molecule has 8 heteroatoms. The maximum absolute atomic E-state index is 10.5. The maximum Gasteiger partial charge on any atom is 0.203 e. The van der Waals surface area contributed by atoms with Crippen LogP contribution in [0.2, 0.25) is 0 Å². The highest BCUT2D eigenvalue weighted by molar-refractivity contribution is 6.02. The summed E-state index contributed by atoms with van der Waals surface area (Å²) in [6.07, 6.45) is 0.349. The van der Waals surface area contributed by atoms with Gasteiger partial charge in [-0.1, -0.05) is 11.2 Å². The molecule has 1 aliphatic heterocycles. The van der Waals surface area contributed by atoms with Crippen molar-refractivity contribution >= 4 is 5.71 Å². The average molecular weight is 451 g/mol. The third-order valence-electron chi connectivity index (χ3n) is 5.70. The molecule has 1 heterocycles. The summed E-state index contributed by atoms with van der Waals surface area (Å²) in [5, 5.41) is 24.5. The molecule has 4 rings (SSSR count). The summed E-state index contributed by atoms with van der Waals surface area (Å²) in [5.74, 6) is 1.86. The zero-order valence-corrected chi connectivity index (χ0v) is 18.8. The smallest absolute Gasteiger partial charge is 0.203 e. The first-order valence-electron chi connectivity index (χ1n) is 10.2. The number of rotatable bonds is 7. The van der Waals surface area contributed by atoms with E-state index in [1.807, 2.05) is 6.07 Å². The number of phenols is 2. The number of benzene rings is 3. The Bertz CT molecular complexity index is 1160. The second-order valence-electron chi connectivity index (χ2n) is 7.48. The maximum atomic E-state index is 10.5. The molecule has 0 saturated heterocycles. The normalized spacial score (nSPS) is 17.2. The van der Waals surface area contributed by atoms with Crippen molar-refractivity contribution in [3.63, 3.8) is 0 Å². The van der Waals surface area contributed by atoms with E-state index in [0.29, 0.717) is 46.3 Å². The van der Waals surface area contributed by atoms with Crippen LogP contribution in [0, 0.1) is 0 Å². The summed E-state index contributed by atoms with van der Waals surface area (Å²) in [6.45, 7) is 0. The molecule has 0 fully saturated rings. The van der Waals surface area contributed by atoms with Gasteiger partial charge in [0.1, 0.15) is 5.75 Å². The zero-order valence-electron chi connectivity index (χ0n) is 18.8. The van der Waals surface area contributed by atoms with Crippen LogP contribution in [0.3, 0.4) is 0 Å². The quantitative estimate of drug-likeness (QED) is 0.555. The Kier molecular flexibility index (Phi) is 5.91. The van der Waals surface area contributed by atoms with E-state index in [9.17, 15) is 10.2 Å². The van der Waals surface area contributed by atoms with Gasteiger partial charge in [0.25, 0.3) is 0 Å². The predicted molar refractivity (Wildman–Crippen MR) is 122 cm³/mol. The Labute approximate surface area is 191 Å². The van der Waals surface area contributed by atoms with Crippen LogP contribution in [0.1, 0.15) is 23.1 Å².